The smallest absolute Gasteiger partial charge is 0.0547 e. The summed E-state index contributed by atoms with van der Waals surface area (Å²) in [6.45, 7) is 9.19. The molecule has 1 aromatic heterocycles. The summed E-state index contributed by atoms with van der Waals surface area (Å²) in [6, 6.07) is 7.80. The van der Waals surface area contributed by atoms with E-state index in [0.717, 1.165) is 18.3 Å². The fourth-order valence-electron chi connectivity index (χ4n) is 3.36. The highest BCUT2D eigenvalue weighted by atomic mass is 15.3. The molecular weight excluding hydrogens is 222 g/mol. The van der Waals surface area contributed by atoms with Crippen LogP contribution in [0.15, 0.2) is 18.2 Å². The van der Waals surface area contributed by atoms with Gasteiger partial charge in [0.25, 0.3) is 0 Å². The van der Waals surface area contributed by atoms with Crippen LogP contribution in [-0.2, 0) is 6.54 Å². The van der Waals surface area contributed by atoms with Gasteiger partial charge in [-0.05, 0) is 45.4 Å². The topological polar surface area (TPSA) is 19.4 Å². The highest BCUT2D eigenvalue weighted by Gasteiger charge is 2.34. The van der Waals surface area contributed by atoms with Crippen LogP contribution in [0.1, 0.15) is 31.2 Å². The molecule has 3 heterocycles. The van der Waals surface area contributed by atoms with Gasteiger partial charge in [-0.1, -0.05) is 6.07 Å². The summed E-state index contributed by atoms with van der Waals surface area (Å²) >= 11 is 0. The number of hydrogen-bond acceptors (Lipinski definition) is 3. The molecule has 0 radical (unpaired) electrons. The number of hydrogen-bond donors (Lipinski definition) is 0. The van der Waals surface area contributed by atoms with Gasteiger partial charge >= 0.3 is 0 Å². The van der Waals surface area contributed by atoms with Crippen molar-refractivity contribution in [1.82, 2.24) is 14.8 Å². The number of aryl methyl sites for hydroxylation is 1. The van der Waals surface area contributed by atoms with Crippen LogP contribution >= 0.6 is 0 Å². The average Bonchev–Trinajstić information content (AvgIpc) is 2.76. The lowest BCUT2D eigenvalue weighted by molar-refractivity contribution is 0.0531. The monoisotopic (exact) mass is 245 g/mol. The Morgan fingerprint density at radius 2 is 2.22 bits per heavy atom. The fourth-order valence-corrected chi connectivity index (χ4v) is 3.36. The zero-order valence-electron chi connectivity index (χ0n) is 11.5. The summed E-state index contributed by atoms with van der Waals surface area (Å²) in [4.78, 5) is 9.91. The van der Waals surface area contributed by atoms with Gasteiger partial charge in [0.05, 0.1) is 5.69 Å². The molecule has 18 heavy (non-hydrogen) atoms. The quantitative estimate of drug-likeness (QED) is 0.795. The van der Waals surface area contributed by atoms with Crippen LogP contribution in [0.5, 0.6) is 0 Å². The van der Waals surface area contributed by atoms with E-state index in [1.54, 1.807) is 0 Å². The summed E-state index contributed by atoms with van der Waals surface area (Å²) in [5.41, 5.74) is 2.34. The predicted molar refractivity (Wildman–Crippen MR) is 73.4 cm³/mol. The van der Waals surface area contributed by atoms with Gasteiger partial charge in [0.15, 0.2) is 0 Å². The molecule has 2 aliphatic rings. The van der Waals surface area contributed by atoms with Crippen LogP contribution in [0.2, 0.25) is 0 Å². The first-order chi connectivity index (χ1) is 8.72. The molecule has 0 aromatic carbocycles. The second kappa shape index (κ2) is 4.98. The lowest BCUT2D eigenvalue weighted by atomic mass is 10.1. The molecule has 2 fully saturated rings. The maximum Gasteiger partial charge on any atom is 0.0547 e. The van der Waals surface area contributed by atoms with Crippen molar-refractivity contribution < 1.29 is 0 Å². The average molecular weight is 245 g/mol. The van der Waals surface area contributed by atoms with Crippen molar-refractivity contribution in [1.29, 1.82) is 0 Å². The van der Waals surface area contributed by atoms with Crippen molar-refractivity contribution in [3.05, 3.63) is 29.6 Å². The molecule has 0 aliphatic carbocycles. The normalized spacial score (nSPS) is 29.4. The molecule has 3 nitrogen and oxygen atoms in total. The van der Waals surface area contributed by atoms with E-state index in [0.29, 0.717) is 6.04 Å². The van der Waals surface area contributed by atoms with E-state index in [4.69, 9.17) is 0 Å². The first-order valence-corrected chi connectivity index (χ1v) is 7.13. The molecule has 0 N–H and O–H groups in total. The number of piperazine rings is 1. The first kappa shape index (κ1) is 12.1. The Kier molecular flexibility index (Phi) is 3.35. The van der Waals surface area contributed by atoms with Gasteiger partial charge in [0.1, 0.15) is 0 Å². The van der Waals surface area contributed by atoms with Gasteiger partial charge in [0.2, 0.25) is 0 Å². The third-order valence-electron chi connectivity index (χ3n) is 4.38. The zero-order chi connectivity index (χ0) is 12.5. The Bertz CT molecular complexity index is 418. The standard InChI is InChI=1S/C15H23N3/c1-12-5-3-6-14(16-12)10-18-11-15-7-4-8-17(15)9-13(18)2/h3,5-6,13,15H,4,7-11H2,1-2H3/t13-,15-/m1/s1. The molecule has 0 amide bonds. The Morgan fingerprint density at radius 1 is 1.33 bits per heavy atom. The lowest BCUT2D eigenvalue weighted by Crippen LogP contribution is -2.54. The minimum Gasteiger partial charge on any atom is -0.298 e. The molecule has 0 saturated carbocycles. The minimum atomic E-state index is 0.654. The van der Waals surface area contributed by atoms with Crippen LogP contribution in [-0.4, -0.2) is 46.5 Å². The molecule has 2 aliphatic heterocycles. The first-order valence-electron chi connectivity index (χ1n) is 7.13. The van der Waals surface area contributed by atoms with Crippen LogP contribution in [0.4, 0.5) is 0 Å². The molecule has 0 spiro atoms. The summed E-state index contributed by atoms with van der Waals surface area (Å²) in [5, 5.41) is 0. The minimum absolute atomic E-state index is 0.654. The molecular formula is C15H23N3. The van der Waals surface area contributed by atoms with Gasteiger partial charge in [-0.25, -0.2) is 0 Å². The second-order valence-corrected chi connectivity index (χ2v) is 5.84. The number of aromatic nitrogens is 1. The van der Waals surface area contributed by atoms with Crippen molar-refractivity contribution in [2.75, 3.05) is 19.6 Å². The predicted octanol–water partition coefficient (Wildman–Crippen LogP) is 2.06. The van der Waals surface area contributed by atoms with Gasteiger partial charge in [-0.3, -0.25) is 14.8 Å². The maximum atomic E-state index is 4.63. The van der Waals surface area contributed by atoms with Gasteiger partial charge < -0.3 is 0 Å². The molecule has 0 unspecified atom stereocenters. The molecule has 2 saturated heterocycles. The SMILES string of the molecule is Cc1cccc(CN2C[C@H]3CCCN3C[C@H]2C)n1. The maximum absolute atomic E-state index is 4.63. The lowest BCUT2D eigenvalue weighted by Gasteiger charge is -2.42. The van der Waals surface area contributed by atoms with Crippen LogP contribution in [0.25, 0.3) is 0 Å². The molecule has 2 atom stereocenters. The number of fused-ring (bicyclic) bond motifs is 1. The van der Waals surface area contributed by atoms with Crippen LogP contribution < -0.4 is 0 Å². The number of nitrogens with zero attached hydrogens (tertiary/aromatic N) is 3. The second-order valence-electron chi connectivity index (χ2n) is 5.84. The van der Waals surface area contributed by atoms with Crippen molar-refractivity contribution in [2.24, 2.45) is 0 Å². The van der Waals surface area contributed by atoms with Crippen molar-refractivity contribution >= 4 is 0 Å². The van der Waals surface area contributed by atoms with Crippen LogP contribution in [0, 0.1) is 6.92 Å². The van der Waals surface area contributed by atoms with E-state index >= 15 is 0 Å². The van der Waals surface area contributed by atoms with E-state index < -0.39 is 0 Å². The van der Waals surface area contributed by atoms with Crippen molar-refractivity contribution in [3.8, 4) is 0 Å². The summed E-state index contributed by atoms with van der Waals surface area (Å²) in [6.07, 6.45) is 2.76. The Labute approximate surface area is 110 Å². The van der Waals surface area contributed by atoms with Gasteiger partial charge in [0, 0.05) is 37.4 Å². The summed E-state index contributed by atoms with van der Waals surface area (Å²) in [7, 11) is 0. The van der Waals surface area contributed by atoms with E-state index in [9.17, 15) is 0 Å². The highest BCUT2D eigenvalue weighted by Crippen LogP contribution is 2.25. The Morgan fingerprint density at radius 3 is 3.06 bits per heavy atom. The number of rotatable bonds is 2. The van der Waals surface area contributed by atoms with Gasteiger partial charge in [-0.15, -0.1) is 0 Å². The van der Waals surface area contributed by atoms with E-state index in [-0.39, 0.29) is 0 Å². The molecule has 98 valence electrons. The summed E-state index contributed by atoms with van der Waals surface area (Å²) < 4.78 is 0. The third kappa shape index (κ3) is 2.43. The number of pyridine rings is 1. The van der Waals surface area contributed by atoms with E-state index in [1.165, 1.54) is 38.2 Å². The molecule has 3 heteroatoms. The molecule has 3 rings (SSSR count). The van der Waals surface area contributed by atoms with E-state index in [2.05, 4.69) is 46.8 Å². The fraction of sp³-hybridized carbons (Fsp3) is 0.667. The summed E-state index contributed by atoms with van der Waals surface area (Å²) in [5.74, 6) is 0. The highest BCUT2D eigenvalue weighted by molar-refractivity contribution is 5.10. The van der Waals surface area contributed by atoms with Gasteiger partial charge in [-0.2, -0.15) is 0 Å². The third-order valence-corrected chi connectivity index (χ3v) is 4.38. The molecule has 1 aromatic rings. The van der Waals surface area contributed by atoms with E-state index in [1.807, 2.05) is 0 Å². The largest absolute Gasteiger partial charge is 0.298 e. The van der Waals surface area contributed by atoms with Crippen LogP contribution in [0.3, 0.4) is 0 Å². The van der Waals surface area contributed by atoms with Crippen molar-refractivity contribution in [2.45, 2.75) is 45.3 Å². The Hall–Kier alpha value is -0.930. The molecule has 0 bridgehead atoms. The van der Waals surface area contributed by atoms with Crippen molar-refractivity contribution in [3.63, 3.8) is 0 Å². The Balaban J connectivity index is 1.68. The zero-order valence-corrected chi connectivity index (χ0v) is 11.5.